The van der Waals surface area contributed by atoms with Gasteiger partial charge in [-0.3, -0.25) is 9.59 Å². The van der Waals surface area contributed by atoms with Crippen molar-refractivity contribution in [2.24, 2.45) is 0 Å². The van der Waals surface area contributed by atoms with Crippen LogP contribution in [-0.4, -0.2) is 33.3 Å². The number of carbonyl (C=O) groups excluding carboxylic acids is 2. The average Bonchev–Trinajstić information content (AvgIpc) is 3.29. The fraction of sp³-hybridized carbons (Fsp3) is 0.182. The lowest BCUT2D eigenvalue weighted by molar-refractivity contribution is -0.139. The van der Waals surface area contributed by atoms with Crippen LogP contribution < -0.4 is 10.6 Å². The first-order valence-corrected chi connectivity index (χ1v) is 11.5. The van der Waals surface area contributed by atoms with Crippen LogP contribution in [0.2, 0.25) is 5.02 Å². The van der Waals surface area contributed by atoms with Crippen molar-refractivity contribution in [3.63, 3.8) is 0 Å². The number of sulfone groups is 1. The zero-order valence-electron chi connectivity index (χ0n) is 16.8. The monoisotopic (exact) mass is 478 g/mol. The van der Waals surface area contributed by atoms with E-state index in [4.69, 9.17) is 16.0 Å². The zero-order valence-corrected chi connectivity index (χ0v) is 18.3. The third-order valence-corrected chi connectivity index (χ3v) is 6.97. The van der Waals surface area contributed by atoms with Gasteiger partial charge in [0, 0.05) is 18.1 Å². The Hall–Kier alpha value is -3.17. The van der Waals surface area contributed by atoms with Crippen LogP contribution in [0.25, 0.3) is 0 Å². The molecule has 0 aliphatic rings. The molecule has 0 aliphatic heterocycles. The quantitative estimate of drug-likeness (QED) is 0.382. The summed E-state index contributed by atoms with van der Waals surface area (Å²) in [5.74, 6) is -2.37. The van der Waals surface area contributed by atoms with E-state index in [1.165, 1.54) is 18.4 Å². The summed E-state index contributed by atoms with van der Waals surface area (Å²) >= 11 is 5.82. The van der Waals surface area contributed by atoms with Gasteiger partial charge in [-0.25, -0.2) is 12.8 Å². The van der Waals surface area contributed by atoms with Gasteiger partial charge in [0.15, 0.2) is 9.84 Å². The first-order valence-electron chi connectivity index (χ1n) is 9.60. The van der Waals surface area contributed by atoms with Gasteiger partial charge in [0.05, 0.1) is 11.2 Å². The molecule has 2 amide bonds. The number of hydrogen-bond acceptors (Lipinski definition) is 5. The molecule has 0 saturated heterocycles. The lowest BCUT2D eigenvalue weighted by Gasteiger charge is -2.16. The van der Waals surface area contributed by atoms with Crippen molar-refractivity contribution in [2.45, 2.75) is 16.6 Å². The highest BCUT2D eigenvalue weighted by molar-refractivity contribution is 7.91. The number of halogens is 2. The summed E-state index contributed by atoms with van der Waals surface area (Å²) in [6, 6.07) is 14.3. The van der Waals surface area contributed by atoms with Crippen LogP contribution in [-0.2, 0) is 25.8 Å². The molecule has 0 unspecified atom stereocenters. The van der Waals surface area contributed by atoms with E-state index in [1.54, 1.807) is 12.1 Å². The summed E-state index contributed by atoms with van der Waals surface area (Å²) in [6.45, 7) is -0.194. The Bertz CT molecular complexity index is 1160. The molecule has 7 nitrogen and oxygen atoms in total. The average molecular weight is 479 g/mol. The summed E-state index contributed by atoms with van der Waals surface area (Å²) < 4.78 is 44.5. The SMILES string of the molecule is O=C(NCCc1ccc(Cl)cc1)C(=O)NC[C@@H](c1ccco1)S(=O)(=O)c1ccc(F)cc1. The van der Waals surface area contributed by atoms with Gasteiger partial charge in [0.25, 0.3) is 0 Å². The molecule has 3 rings (SSSR count). The van der Waals surface area contributed by atoms with Crippen molar-refractivity contribution >= 4 is 33.3 Å². The van der Waals surface area contributed by atoms with E-state index in [9.17, 15) is 22.4 Å². The molecule has 1 atom stereocenters. The third-order valence-electron chi connectivity index (χ3n) is 4.64. The van der Waals surface area contributed by atoms with Crippen LogP contribution in [0.3, 0.4) is 0 Å². The standard InChI is InChI=1S/C22H20ClFN2O5S/c23-16-5-3-15(4-6-16)11-12-25-21(27)22(28)26-14-20(19-2-1-13-31-19)32(29,30)18-9-7-17(24)8-10-18/h1-10,13,20H,11-12,14H2,(H,25,27)(H,26,28)/t20-/m0/s1. The molecule has 0 spiro atoms. The minimum atomic E-state index is -4.04. The molecule has 0 aliphatic carbocycles. The minimum absolute atomic E-state index is 0.0813. The number of hydrogen-bond donors (Lipinski definition) is 2. The normalized spacial score (nSPS) is 12.2. The number of furan rings is 1. The van der Waals surface area contributed by atoms with Crippen LogP contribution in [0.1, 0.15) is 16.6 Å². The number of rotatable bonds is 8. The number of nitrogens with one attached hydrogen (secondary N) is 2. The Kier molecular flexibility index (Phi) is 7.66. The first-order chi connectivity index (χ1) is 15.3. The molecule has 0 fully saturated rings. The van der Waals surface area contributed by atoms with Crippen molar-refractivity contribution in [2.75, 3.05) is 13.1 Å². The maximum absolute atomic E-state index is 13.2. The van der Waals surface area contributed by atoms with Gasteiger partial charge in [-0.05, 0) is 60.5 Å². The highest BCUT2D eigenvalue weighted by Gasteiger charge is 2.32. The largest absolute Gasteiger partial charge is 0.468 e. The third kappa shape index (κ3) is 5.95. The van der Waals surface area contributed by atoms with E-state index in [0.717, 1.165) is 29.8 Å². The fourth-order valence-electron chi connectivity index (χ4n) is 2.94. The second-order valence-corrected chi connectivity index (χ2v) is 9.41. The highest BCUT2D eigenvalue weighted by Crippen LogP contribution is 2.29. The molecule has 2 aromatic carbocycles. The molecule has 168 valence electrons. The van der Waals surface area contributed by atoms with Crippen LogP contribution in [0.5, 0.6) is 0 Å². The smallest absolute Gasteiger partial charge is 0.309 e. The number of carbonyl (C=O) groups is 2. The first kappa shape index (κ1) is 23.5. The van der Waals surface area contributed by atoms with Crippen LogP contribution >= 0.6 is 11.6 Å². The van der Waals surface area contributed by atoms with Crippen molar-refractivity contribution in [1.29, 1.82) is 0 Å². The summed E-state index contributed by atoms with van der Waals surface area (Å²) in [7, 11) is -4.04. The van der Waals surface area contributed by atoms with E-state index in [-0.39, 0.29) is 17.2 Å². The molecular formula is C22H20ClFN2O5S. The lowest BCUT2D eigenvalue weighted by atomic mass is 10.1. The van der Waals surface area contributed by atoms with Gasteiger partial charge in [-0.2, -0.15) is 0 Å². The minimum Gasteiger partial charge on any atom is -0.468 e. The van der Waals surface area contributed by atoms with E-state index in [0.29, 0.717) is 11.4 Å². The highest BCUT2D eigenvalue weighted by atomic mass is 35.5. The molecule has 1 aromatic heterocycles. The topological polar surface area (TPSA) is 105 Å². The molecule has 3 aromatic rings. The molecule has 0 bridgehead atoms. The van der Waals surface area contributed by atoms with Gasteiger partial charge >= 0.3 is 11.8 Å². The predicted octanol–water partition coefficient (Wildman–Crippen LogP) is 3.06. The van der Waals surface area contributed by atoms with Crippen LogP contribution in [0, 0.1) is 5.82 Å². The second kappa shape index (κ2) is 10.4. The van der Waals surface area contributed by atoms with Crippen molar-refractivity contribution in [3.05, 3.63) is 89.1 Å². The summed E-state index contributed by atoms with van der Waals surface area (Å²) in [6.07, 6.45) is 1.79. The van der Waals surface area contributed by atoms with Gasteiger partial charge in [-0.15, -0.1) is 0 Å². The van der Waals surface area contributed by atoms with Gasteiger partial charge in [-0.1, -0.05) is 23.7 Å². The molecular weight excluding hydrogens is 459 g/mol. The Morgan fingerprint density at radius 1 is 0.969 bits per heavy atom. The molecule has 2 N–H and O–H groups in total. The second-order valence-electron chi connectivity index (χ2n) is 6.85. The van der Waals surface area contributed by atoms with Crippen LogP contribution in [0.4, 0.5) is 4.39 Å². The number of benzene rings is 2. The van der Waals surface area contributed by atoms with Gasteiger partial charge < -0.3 is 15.1 Å². The Labute approximate surface area is 189 Å². The Morgan fingerprint density at radius 2 is 1.62 bits per heavy atom. The van der Waals surface area contributed by atoms with Crippen molar-refractivity contribution in [1.82, 2.24) is 10.6 Å². The maximum atomic E-state index is 13.2. The lowest BCUT2D eigenvalue weighted by Crippen LogP contribution is -2.42. The molecule has 0 saturated carbocycles. The van der Waals surface area contributed by atoms with E-state index < -0.39 is 39.3 Å². The summed E-state index contributed by atoms with van der Waals surface area (Å²) in [4.78, 5) is 24.1. The molecule has 10 heteroatoms. The van der Waals surface area contributed by atoms with Crippen molar-refractivity contribution < 1.29 is 26.8 Å². The van der Waals surface area contributed by atoms with E-state index in [1.807, 2.05) is 12.1 Å². The van der Waals surface area contributed by atoms with Gasteiger partial charge in [0.1, 0.15) is 16.8 Å². The van der Waals surface area contributed by atoms with Gasteiger partial charge in [0.2, 0.25) is 0 Å². The van der Waals surface area contributed by atoms with Crippen molar-refractivity contribution in [3.8, 4) is 0 Å². The Balaban J connectivity index is 1.61. The van der Waals surface area contributed by atoms with E-state index >= 15 is 0 Å². The molecule has 1 heterocycles. The Morgan fingerprint density at radius 3 is 2.25 bits per heavy atom. The summed E-state index contributed by atoms with van der Waals surface area (Å²) in [5, 5.41) is 4.11. The number of amides is 2. The maximum Gasteiger partial charge on any atom is 0.309 e. The fourth-order valence-corrected chi connectivity index (χ4v) is 4.66. The predicted molar refractivity (Wildman–Crippen MR) is 116 cm³/mol. The zero-order chi connectivity index (χ0) is 23.1. The summed E-state index contributed by atoms with van der Waals surface area (Å²) in [5.41, 5.74) is 0.929. The molecule has 0 radical (unpaired) electrons. The van der Waals surface area contributed by atoms with E-state index in [2.05, 4.69) is 10.6 Å². The molecule has 32 heavy (non-hydrogen) atoms. The van der Waals surface area contributed by atoms with Crippen LogP contribution in [0.15, 0.2) is 76.2 Å².